The predicted molar refractivity (Wildman–Crippen MR) is 116 cm³/mol. The van der Waals surface area contributed by atoms with Crippen LogP contribution >= 0.6 is 22.6 Å². The molecule has 0 nitrogen and oxygen atoms in total. The van der Waals surface area contributed by atoms with Gasteiger partial charge in [0.1, 0.15) is 0 Å². The van der Waals surface area contributed by atoms with Crippen molar-refractivity contribution in [3.8, 4) is 0 Å². The molecule has 0 saturated heterocycles. The minimum Gasteiger partial charge on any atom is -0.0751 e. The van der Waals surface area contributed by atoms with Crippen molar-refractivity contribution in [2.24, 2.45) is 0 Å². The largest absolute Gasteiger partial charge is 0.0751 e. The molecule has 5 rings (SSSR count). The standard InChI is InChI=1S/C24H17I/c25-18-12-9-16(10-13-18)17-11-14-23-21-7-2-1-5-19(21)20-6-3-4-8-22(20)24(23)15-17/h1-10,12-15,17H,11H2. The zero-order valence-corrected chi connectivity index (χ0v) is 15.9. The third-order valence-corrected chi connectivity index (χ3v) is 5.98. The third kappa shape index (κ3) is 2.49. The van der Waals surface area contributed by atoms with Gasteiger partial charge in [0.25, 0.3) is 0 Å². The van der Waals surface area contributed by atoms with E-state index in [0.717, 1.165) is 6.42 Å². The minimum atomic E-state index is 0.453. The molecule has 0 bridgehead atoms. The Morgan fingerprint density at radius 3 is 1.84 bits per heavy atom. The van der Waals surface area contributed by atoms with Gasteiger partial charge in [0.05, 0.1) is 0 Å². The van der Waals surface area contributed by atoms with Crippen LogP contribution in [0, 0.1) is 3.57 Å². The fourth-order valence-corrected chi connectivity index (χ4v) is 4.41. The molecule has 1 aliphatic rings. The summed E-state index contributed by atoms with van der Waals surface area (Å²) in [6, 6.07) is 26.6. The average molecular weight is 432 g/mol. The molecule has 120 valence electrons. The van der Waals surface area contributed by atoms with Crippen LogP contribution in [-0.2, 0) is 0 Å². The van der Waals surface area contributed by atoms with Crippen LogP contribution in [0.25, 0.3) is 33.7 Å². The van der Waals surface area contributed by atoms with Gasteiger partial charge in [-0.3, -0.25) is 0 Å². The van der Waals surface area contributed by atoms with E-state index in [0.29, 0.717) is 5.92 Å². The molecule has 0 radical (unpaired) electrons. The van der Waals surface area contributed by atoms with Crippen LogP contribution in [-0.4, -0.2) is 0 Å². The second-order valence-electron chi connectivity index (χ2n) is 6.68. The highest BCUT2D eigenvalue weighted by Crippen LogP contribution is 2.27. The highest BCUT2D eigenvalue weighted by atomic mass is 127. The van der Waals surface area contributed by atoms with E-state index < -0.39 is 0 Å². The molecule has 1 aliphatic carbocycles. The first-order chi connectivity index (χ1) is 12.3. The van der Waals surface area contributed by atoms with Gasteiger partial charge in [0.2, 0.25) is 0 Å². The normalized spacial score (nSPS) is 16.3. The second kappa shape index (κ2) is 5.99. The van der Waals surface area contributed by atoms with Crippen LogP contribution in [0.2, 0.25) is 0 Å². The first kappa shape index (κ1) is 15.2. The van der Waals surface area contributed by atoms with E-state index in [1.54, 1.807) is 0 Å². The molecule has 0 spiro atoms. The Balaban J connectivity index is 1.86. The molecule has 0 fully saturated rings. The molecule has 0 saturated carbocycles. The number of fused-ring (bicyclic) bond motifs is 6. The van der Waals surface area contributed by atoms with Gasteiger partial charge in [-0.05, 0) is 78.7 Å². The zero-order chi connectivity index (χ0) is 16.8. The van der Waals surface area contributed by atoms with Crippen LogP contribution < -0.4 is 10.4 Å². The van der Waals surface area contributed by atoms with E-state index in [4.69, 9.17) is 0 Å². The minimum absolute atomic E-state index is 0.453. The lowest BCUT2D eigenvalue weighted by Gasteiger charge is -2.17. The Morgan fingerprint density at radius 2 is 1.20 bits per heavy atom. The lowest BCUT2D eigenvalue weighted by molar-refractivity contribution is 0.923. The summed E-state index contributed by atoms with van der Waals surface area (Å²) in [6.07, 6.45) is 5.98. The fourth-order valence-electron chi connectivity index (χ4n) is 4.05. The van der Waals surface area contributed by atoms with Crippen LogP contribution in [0.4, 0.5) is 0 Å². The maximum Gasteiger partial charge on any atom is 0.0130 e. The summed E-state index contributed by atoms with van der Waals surface area (Å²) in [6.45, 7) is 0. The Hall–Kier alpha value is -2.13. The Bertz CT molecular complexity index is 1220. The van der Waals surface area contributed by atoms with E-state index in [1.807, 2.05) is 0 Å². The van der Waals surface area contributed by atoms with E-state index in [2.05, 4.69) is 108 Å². The van der Waals surface area contributed by atoms with E-state index in [1.165, 1.54) is 41.1 Å². The van der Waals surface area contributed by atoms with Crippen LogP contribution in [0.15, 0.2) is 72.8 Å². The van der Waals surface area contributed by atoms with Crippen molar-refractivity contribution >= 4 is 56.3 Å². The summed E-state index contributed by atoms with van der Waals surface area (Å²) < 4.78 is 1.29. The van der Waals surface area contributed by atoms with E-state index >= 15 is 0 Å². The molecular weight excluding hydrogens is 415 g/mol. The fraction of sp³-hybridized carbons (Fsp3) is 0.0833. The van der Waals surface area contributed by atoms with Gasteiger partial charge in [-0.2, -0.15) is 0 Å². The van der Waals surface area contributed by atoms with Crippen LogP contribution in [0.3, 0.4) is 0 Å². The summed E-state index contributed by atoms with van der Waals surface area (Å²) in [5, 5.41) is 8.23. The van der Waals surface area contributed by atoms with Crippen molar-refractivity contribution in [2.75, 3.05) is 0 Å². The summed E-state index contributed by atoms with van der Waals surface area (Å²) >= 11 is 2.37. The quantitative estimate of drug-likeness (QED) is 0.281. The van der Waals surface area contributed by atoms with Crippen molar-refractivity contribution < 1.29 is 0 Å². The van der Waals surface area contributed by atoms with Crippen molar-refractivity contribution in [1.29, 1.82) is 0 Å². The van der Waals surface area contributed by atoms with Crippen molar-refractivity contribution in [1.82, 2.24) is 0 Å². The summed E-state index contributed by atoms with van der Waals surface area (Å²) in [7, 11) is 0. The van der Waals surface area contributed by atoms with E-state index in [-0.39, 0.29) is 0 Å². The molecule has 0 amide bonds. The second-order valence-corrected chi connectivity index (χ2v) is 7.93. The number of rotatable bonds is 1. The lowest BCUT2D eigenvalue weighted by Crippen LogP contribution is -2.30. The van der Waals surface area contributed by atoms with Gasteiger partial charge >= 0.3 is 0 Å². The van der Waals surface area contributed by atoms with Crippen molar-refractivity contribution in [2.45, 2.75) is 12.3 Å². The average Bonchev–Trinajstić information content (AvgIpc) is 2.68. The number of halogens is 1. The highest BCUT2D eigenvalue weighted by molar-refractivity contribution is 14.1. The van der Waals surface area contributed by atoms with Gasteiger partial charge in [-0.25, -0.2) is 0 Å². The topological polar surface area (TPSA) is 0 Å². The maximum absolute atomic E-state index is 2.48. The smallest absolute Gasteiger partial charge is 0.0130 e. The molecule has 1 atom stereocenters. The molecule has 1 unspecified atom stereocenters. The maximum atomic E-state index is 2.48. The van der Waals surface area contributed by atoms with Gasteiger partial charge < -0.3 is 0 Å². The summed E-state index contributed by atoms with van der Waals surface area (Å²) in [4.78, 5) is 0. The molecule has 0 aromatic heterocycles. The molecule has 0 N–H and O–H groups in total. The summed E-state index contributed by atoms with van der Waals surface area (Å²) in [5.41, 5.74) is 1.40. The van der Waals surface area contributed by atoms with Crippen LogP contribution in [0.5, 0.6) is 0 Å². The molecule has 0 aliphatic heterocycles. The van der Waals surface area contributed by atoms with Gasteiger partial charge in [-0.15, -0.1) is 0 Å². The lowest BCUT2D eigenvalue weighted by atomic mass is 9.87. The molecule has 4 aromatic rings. The number of hydrogen-bond donors (Lipinski definition) is 0. The van der Waals surface area contributed by atoms with Gasteiger partial charge in [-0.1, -0.05) is 72.8 Å². The molecule has 0 heterocycles. The van der Waals surface area contributed by atoms with Crippen molar-refractivity contribution in [3.05, 3.63) is 92.4 Å². The predicted octanol–water partition coefficient (Wildman–Crippen LogP) is 5.35. The highest BCUT2D eigenvalue weighted by Gasteiger charge is 2.14. The summed E-state index contributed by atoms with van der Waals surface area (Å²) in [5.74, 6) is 0.453. The van der Waals surface area contributed by atoms with Gasteiger partial charge in [0, 0.05) is 9.49 Å². The SMILES string of the molecule is Ic1ccc(C2C=c3c(c4ccccc4c4ccccc34)=CC2)cc1. The van der Waals surface area contributed by atoms with Gasteiger partial charge in [0.15, 0.2) is 0 Å². The number of benzene rings is 4. The van der Waals surface area contributed by atoms with E-state index in [9.17, 15) is 0 Å². The molecule has 4 aromatic carbocycles. The number of hydrogen-bond acceptors (Lipinski definition) is 0. The third-order valence-electron chi connectivity index (χ3n) is 5.26. The first-order valence-corrected chi connectivity index (χ1v) is 9.76. The molecule has 1 heteroatoms. The molecular formula is C24H17I. The Morgan fingerprint density at radius 1 is 0.640 bits per heavy atom. The Kier molecular flexibility index (Phi) is 3.63. The molecule has 25 heavy (non-hydrogen) atoms. The first-order valence-electron chi connectivity index (χ1n) is 8.68. The Labute approximate surface area is 160 Å². The monoisotopic (exact) mass is 432 g/mol. The van der Waals surface area contributed by atoms with Crippen LogP contribution in [0.1, 0.15) is 17.9 Å². The zero-order valence-electron chi connectivity index (χ0n) is 13.7. The van der Waals surface area contributed by atoms with Crippen molar-refractivity contribution in [3.63, 3.8) is 0 Å².